The van der Waals surface area contributed by atoms with Crippen molar-refractivity contribution >= 4 is 17.0 Å². The molecule has 0 aliphatic heterocycles. The molecule has 0 radical (unpaired) electrons. The van der Waals surface area contributed by atoms with E-state index in [9.17, 15) is 13.2 Å². The predicted octanol–water partition coefficient (Wildman–Crippen LogP) is 3.72. The van der Waals surface area contributed by atoms with E-state index in [0.717, 1.165) is 5.56 Å². The van der Waals surface area contributed by atoms with E-state index >= 15 is 0 Å². The van der Waals surface area contributed by atoms with Gasteiger partial charge < -0.3 is 5.73 Å². The lowest BCUT2D eigenvalue weighted by molar-refractivity contribution is -0.137. The second-order valence-corrected chi connectivity index (χ2v) is 4.58. The van der Waals surface area contributed by atoms with Crippen molar-refractivity contribution in [2.24, 2.45) is 0 Å². The molecule has 0 spiro atoms. The summed E-state index contributed by atoms with van der Waals surface area (Å²) in [6, 6.07) is 5.16. The Morgan fingerprint density at radius 2 is 2.00 bits per heavy atom. The first kappa shape index (κ1) is 11.9. The highest BCUT2D eigenvalue weighted by molar-refractivity contribution is 7.15. The molecule has 0 unspecified atom stereocenters. The number of alkyl halides is 3. The Morgan fingerprint density at radius 3 is 2.59 bits per heavy atom. The van der Waals surface area contributed by atoms with Crippen molar-refractivity contribution in [1.82, 2.24) is 4.98 Å². The lowest BCUT2D eigenvalue weighted by Gasteiger charge is -2.05. The van der Waals surface area contributed by atoms with Crippen molar-refractivity contribution in [2.45, 2.75) is 13.1 Å². The minimum absolute atomic E-state index is 0.474. The fourth-order valence-corrected chi connectivity index (χ4v) is 2.32. The molecular formula is C11H9F3N2S. The fraction of sp³-hybridized carbons (Fsp3) is 0.182. The van der Waals surface area contributed by atoms with Gasteiger partial charge in [0, 0.05) is 11.9 Å². The van der Waals surface area contributed by atoms with Crippen LogP contribution in [0.4, 0.5) is 18.9 Å². The second-order valence-electron chi connectivity index (χ2n) is 3.55. The van der Waals surface area contributed by atoms with Gasteiger partial charge in [-0.05, 0) is 24.1 Å². The molecule has 1 aromatic carbocycles. The second kappa shape index (κ2) is 4.03. The Kier molecular flexibility index (Phi) is 2.82. The molecule has 17 heavy (non-hydrogen) atoms. The van der Waals surface area contributed by atoms with Crippen LogP contribution in [0.15, 0.2) is 24.4 Å². The molecule has 0 aliphatic carbocycles. The zero-order valence-corrected chi connectivity index (χ0v) is 9.69. The first-order chi connectivity index (χ1) is 7.89. The van der Waals surface area contributed by atoms with Crippen LogP contribution < -0.4 is 5.73 Å². The summed E-state index contributed by atoms with van der Waals surface area (Å²) < 4.78 is 37.3. The molecule has 1 heterocycles. The molecule has 0 amide bonds. The molecule has 2 nitrogen and oxygen atoms in total. The number of anilines is 1. The van der Waals surface area contributed by atoms with Gasteiger partial charge in [0.1, 0.15) is 0 Å². The Hall–Kier alpha value is -1.56. The van der Waals surface area contributed by atoms with Gasteiger partial charge in [-0.15, -0.1) is 11.3 Å². The molecule has 0 saturated heterocycles. The number of hydrogen-bond acceptors (Lipinski definition) is 3. The molecule has 2 rings (SSSR count). The first-order valence-electron chi connectivity index (χ1n) is 4.78. The van der Waals surface area contributed by atoms with Gasteiger partial charge in [0.15, 0.2) is 5.01 Å². The highest BCUT2D eigenvalue weighted by Crippen LogP contribution is 2.37. The van der Waals surface area contributed by atoms with Crippen LogP contribution in [0.25, 0.3) is 10.4 Å². The van der Waals surface area contributed by atoms with Crippen LogP contribution in [-0.2, 0) is 6.18 Å². The highest BCUT2D eigenvalue weighted by Gasteiger charge is 2.34. The topological polar surface area (TPSA) is 38.9 Å². The molecule has 2 aromatic rings. The van der Waals surface area contributed by atoms with Crippen molar-refractivity contribution in [3.63, 3.8) is 0 Å². The van der Waals surface area contributed by atoms with Gasteiger partial charge in [0.25, 0.3) is 0 Å². The summed E-state index contributed by atoms with van der Waals surface area (Å²) in [5, 5.41) is -0.839. The van der Waals surface area contributed by atoms with Gasteiger partial charge >= 0.3 is 6.18 Å². The van der Waals surface area contributed by atoms with Gasteiger partial charge in [-0.2, -0.15) is 13.2 Å². The van der Waals surface area contributed by atoms with Crippen molar-refractivity contribution in [2.75, 3.05) is 5.73 Å². The first-order valence-corrected chi connectivity index (χ1v) is 5.59. The van der Waals surface area contributed by atoms with E-state index < -0.39 is 11.2 Å². The van der Waals surface area contributed by atoms with Crippen molar-refractivity contribution in [3.8, 4) is 10.4 Å². The number of nitrogens with zero attached hydrogens (tertiary/aromatic N) is 1. The van der Waals surface area contributed by atoms with Crippen molar-refractivity contribution < 1.29 is 13.2 Å². The van der Waals surface area contributed by atoms with Crippen LogP contribution in [0.2, 0.25) is 0 Å². The summed E-state index contributed by atoms with van der Waals surface area (Å²) >= 11 is 0.624. The van der Waals surface area contributed by atoms with E-state index in [1.807, 2.05) is 0 Å². The summed E-state index contributed by atoms with van der Waals surface area (Å²) in [4.78, 5) is 3.86. The maximum absolute atomic E-state index is 12.4. The maximum Gasteiger partial charge on any atom is 0.443 e. The molecule has 0 fully saturated rings. The molecule has 0 bridgehead atoms. The Balaban J connectivity index is 2.48. The third-order valence-electron chi connectivity index (χ3n) is 2.39. The number of nitrogens with two attached hydrogens (primary N) is 1. The van der Waals surface area contributed by atoms with E-state index in [2.05, 4.69) is 4.98 Å². The maximum atomic E-state index is 12.4. The highest BCUT2D eigenvalue weighted by atomic mass is 32.1. The van der Waals surface area contributed by atoms with Gasteiger partial charge in [-0.1, -0.05) is 12.1 Å². The van der Waals surface area contributed by atoms with Gasteiger partial charge in [-0.3, -0.25) is 0 Å². The van der Waals surface area contributed by atoms with E-state index in [1.54, 1.807) is 25.1 Å². The molecule has 2 N–H and O–H groups in total. The number of halogens is 3. The normalized spacial score (nSPS) is 11.8. The average Bonchev–Trinajstić information content (AvgIpc) is 2.70. The Labute approximate surface area is 99.9 Å². The number of benzene rings is 1. The molecule has 6 heteroatoms. The number of thiazole rings is 1. The molecule has 0 aliphatic rings. The smallest absolute Gasteiger partial charge is 0.398 e. The van der Waals surface area contributed by atoms with E-state index in [-0.39, 0.29) is 0 Å². The fourth-order valence-electron chi connectivity index (χ4n) is 1.45. The number of nitrogen functional groups attached to an aromatic ring is 1. The van der Waals surface area contributed by atoms with Crippen LogP contribution in [0, 0.1) is 6.92 Å². The molecule has 0 saturated carbocycles. The lowest BCUT2D eigenvalue weighted by Crippen LogP contribution is -2.02. The van der Waals surface area contributed by atoms with E-state index in [0.29, 0.717) is 27.5 Å². The van der Waals surface area contributed by atoms with E-state index in [4.69, 9.17) is 5.73 Å². The number of aromatic nitrogens is 1. The third kappa shape index (κ3) is 2.26. The summed E-state index contributed by atoms with van der Waals surface area (Å²) in [5.41, 5.74) is 7.73. The minimum Gasteiger partial charge on any atom is -0.398 e. The Bertz CT molecular complexity index is 546. The zero-order valence-electron chi connectivity index (χ0n) is 8.88. The van der Waals surface area contributed by atoms with Gasteiger partial charge in [0.05, 0.1) is 4.88 Å². The summed E-state index contributed by atoms with van der Waals surface area (Å²) in [5.74, 6) is 0. The van der Waals surface area contributed by atoms with Crippen LogP contribution in [0.3, 0.4) is 0 Å². The minimum atomic E-state index is -4.39. The molecule has 0 atom stereocenters. The summed E-state index contributed by atoms with van der Waals surface area (Å²) in [6.45, 7) is 1.78. The van der Waals surface area contributed by atoms with Crippen molar-refractivity contribution in [1.29, 1.82) is 0 Å². The molecular weight excluding hydrogens is 249 g/mol. The van der Waals surface area contributed by atoms with Crippen LogP contribution in [0.5, 0.6) is 0 Å². The van der Waals surface area contributed by atoms with Gasteiger partial charge in [0.2, 0.25) is 0 Å². The number of hydrogen-bond donors (Lipinski definition) is 1. The molecule has 1 aromatic heterocycles. The SMILES string of the molecule is Cc1c(N)cccc1-c1cnc(C(F)(F)F)s1. The van der Waals surface area contributed by atoms with Gasteiger partial charge in [-0.25, -0.2) is 4.98 Å². The van der Waals surface area contributed by atoms with Crippen molar-refractivity contribution in [3.05, 3.63) is 35.0 Å². The lowest BCUT2D eigenvalue weighted by atomic mass is 10.1. The standard InChI is InChI=1S/C11H9F3N2S/c1-6-7(3-2-4-8(6)15)9-5-16-10(17-9)11(12,13)14/h2-5H,15H2,1H3. The van der Waals surface area contributed by atoms with Crippen LogP contribution in [-0.4, -0.2) is 4.98 Å². The summed E-state index contributed by atoms with van der Waals surface area (Å²) in [7, 11) is 0. The zero-order chi connectivity index (χ0) is 12.6. The molecule has 90 valence electrons. The predicted molar refractivity (Wildman–Crippen MR) is 61.7 cm³/mol. The van der Waals surface area contributed by atoms with Crippen LogP contribution in [0.1, 0.15) is 10.6 Å². The third-order valence-corrected chi connectivity index (χ3v) is 3.46. The quantitative estimate of drug-likeness (QED) is 0.792. The van der Waals surface area contributed by atoms with E-state index in [1.165, 1.54) is 6.20 Å². The Morgan fingerprint density at radius 1 is 1.29 bits per heavy atom. The van der Waals surface area contributed by atoms with Crippen LogP contribution >= 0.6 is 11.3 Å². The largest absolute Gasteiger partial charge is 0.443 e. The monoisotopic (exact) mass is 258 g/mol. The average molecular weight is 258 g/mol. The summed E-state index contributed by atoms with van der Waals surface area (Å²) in [6.07, 6.45) is -3.16. The number of rotatable bonds is 1.